The fourth-order valence-electron chi connectivity index (χ4n) is 2.88. The normalized spacial score (nSPS) is 25.8. The van der Waals surface area contributed by atoms with Crippen molar-refractivity contribution in [2.75, 3.05) is 31.6 Å². The molecule has 21 heavy (non-hydrogen) atoms. The maximum atomic E-state index is 12.7. The molecule has 7 nitrogen and oxygen atoms in total. The van der Waals surface area contributed by atoms with Gasteiger partial charge in [0.15, 0.2) is 0 Å². The minimum atomic E-state index is -0.899. The lowest BCUT2D eigenvalue weighted by Gasteiger charge is -2.38. The Morgan fingerprint density at radius 1 is 1.29 bits per heavy atom. The molecule has 2 aliphatic heterocycles. The van der Waals surface area contributed by atoms with E-state index in [0.717, 1.165) is 12.2 Å². The molecule has 0 aliphatic carbocycles. The smallest absolute Gasteiger partial charge is 0.321 e. The molecule has 0 spiro atoms. The number of carboxylic acid groups (broad SMARTS) is 1. The average Bonchev–Trinajstić information content (AvgIpc) is 2.95. The summed E-state index contributed by atoms with van der Waals surface area (Å²) in [5.74, 6) is 0.392. The van der Waals surface area contributed by atoms with Crippen LogP contribution in [0, 0.1) is 0 Å². The Balaban J connectivity index is 2.09. The lowest BCUT2D eigenvalue weighted by Crippen LogP contribution is -2.55. The van der Waals surface area contributed by atoms with E-state index in [0.29, 0.717) is 25.3 Å². The van der Waals surface area contributed by atoms with Gasteiger partial charge >= 0.3 is 12.0 Å². The van der Waals surface area contributed by atoms with Crippen LogP contribution in [0.3, 0.4) is 0 Å². The Bertz CT molecular complexity index is 432. The molecule has 3 amide bonds. The fraction of sp³-hybridized carbons (Fsp3) is 0.769. The van der Waals surface area contributed by atoms with Gasteiger partial charge in [-0.1, -0.05) is 0 Å². The van der Waals surface area contributed by atoms with Crippen molar-refractivity contribution < 1.29 is 19.5 Å². The van der Waals surface area contributed by atoms with E-state index in [-0.39, 0.29) is 24.4 Å². The summed E-state index contributed by atoms with van der Waals surface area (Å²) in [6, 6.07) is -0.921. The Kier molecular flexibility index (Phi) is 5.33. The Morgan fingerprint density at radius 3 is 2.71 bits per heavy atom. The van der Waals surface area contributed by atoms with Crippen molar-refractivity contribution in [3.8, 4) is 0 Å². The maximum absolute atomic E-state index is 12.7. The second-order valence-corrected chi connectivity index (χ2v) is 6.42. The van der Waals surface area contributed by atoms with E-state index in [1.165, 1.54) is 0 Å². The van der Waals surface area contributed by atoms with E-state index in [9.17, 15) is 14.4 Å². The van der Waals surface area contributed by atoms with Crippen LogP contribution in [0.4, 0.5) is 4.79 Å². The third-order valence-electron chi connectivity index (χ3n) is 3.93. The van der Waals surface area contributed by atoms with Crippen LogP contribution in [-0.4, -0.2) is 76.5 Å². The van der Waals surface area contributed by atoms with Gasteiger partial charge < -0.3 is 20.2 Å². The van der Waals surface area contributed by atoms with Crippen molar-refractivity contribution in [2.24, 2.45) is 0 Å². The van der Waals surface area contributed by atoms with Gasteiger partial charge in [-0.25, -0.2) is 4.79 Å². The number of amides is 3. The highest BCUT2D eigenvalue weighted by Gasteiger charge is 2.38. The molecule has 0 radical (unpaired) electrons. The minimum absolute atomic E-state index is 0.0444. The standard InChI is InChI=1S/C13H21N3O4S/c1-14-12(19)10-3-2-4-16(10)13(20)15-5-6-21-8-9(15)7-11(17)18/h9-10H,2-8H2,1H3,(H,14,19)(H,17,18). The van der Waals surface area contributed by atoms with Crippen LogP contribution in [0.1, 0.15) is 19.3 Å². The number of likely N-dealkylation sites (tertiary alicyclic amines) is 1. The largest absolute Gasteiger partial charge is 0.481 e. The molecule has 2 heterocycles. The van der Waals surface area contributed by atoms with E-state index in [2.05, 4.69) is 5.32 Å². The molecule has 2 unspecified atom stereocenters. The summed E-state index contributed by atoms with van der Waals surface area (Å²) >= 11 is 1.67. The highest BCUT2D eigenvalue weighted by atomic mass is 32.2. The van der Waals surface area contributed by atoms with Gasteiger partial charge in [-0.05, 0) is 12.8 Å². The number of rotatable bonds is 3. The zero-order valence-electron chi connectivity index (χ0n) is 12.1. The van der Waals surface area contributed by atoms with E-state index in [4.69, 9.17) is 5.11 Å². The lowest BCUT2D eigenvalue weighted by atomic mass is 10.2. The summed E-state index contributed by atoms with van der Waals surface area (Å²) in [6.07, 6.45) is 1.42. The number of carboxylic acids is 1. The van der Waals surface area contributed by atoms with Crippen molar-refractivity contribution in [1.29, 1.82) is 0 Å². The second-order valence-electron chi connectivity index (χ2n) is 5.27. The summed E-state index contributed by atoms with van der Waals surface area (Å²) in [7, 11) is 1.56. The van der Waals surface area contributed by atoms with Crippen molar-refractivity contribution >= 4 is 29.7 Å². The summed E-state index contributed by atoms with van der Waals surface area (Å²) in [6.45, 7) is 1.10. The van der Waals surface area contributed by atoms with Crippen LogP contribution in [0.25, 0.3) is 0 Å². The van der Waals surface area contributed by atoms with Crippen LogP contribution in [0.5, 0.6) is 0 Å². The third kappa shape index (κ3) is 3.61. The van der Waals surface area contributed by atoms with Gasteiger partial charge in [-0.2, -0.15) is 11.8 Å². The number of carbonyl (C=O) groups is 3. The molecule has 0 saturated carbocycles. The Hall–Kier alpha value is -1.44. The fourth-order valence-corrected chi connectivity index (χ4v) is 3.94. The minimum Gasteiger partial charge on any atom is -0.481 e. The molecule has 2 atom stereocenters. The van der Waals surface area contributed by atoms with Crippen molar-refractivity contribution in [2.45, 2.75) is 31.3 Å². The van der Waals surface area contributed by atoms with Gasteiger partial charge in [0.1, 0.15) is 6.04 Å². The molecule has 2 rings (SSSR count). The van der Waals surface area contributed by atoms with Gasteiger partial charge in [-0.15, -0.1) is 0 Å². The van der Waals surface area contributed by atoms with Gasteiger partial charge in [0.2, 0.25) is 5.91 Å². The first-order chi connectivity index (χ1) is 10.0. The van der Waals surface area contributed by atoms with Crippen LogP contribution in [0.15, 0.2) is 0 Å². The number of nitrogens with zero attached hydrogens (tertiary/aromatic N) is 2. The zero-order valence-corrected chi connectivity index (χ0v) is 12.9. The number of carbonyl (C=O) groups excluding carboxylic acids is 2. The quantitative estimate of drug-likeness (QED) is 0.777. The van der Waals surface area contributed by atoms with Crippen LogP contribution < -0.4 is 5.32 Å². The number of thioether (sulfide) groups is 1. The first kappa shape index (κ1) is 15.9. The Labute approximate surface area is 128 Å². The van der Waals surface area contributed by atoms with Crippen LogP contribution in [0.2, 0.25) is 0 Å². The molecule has 2 aliphatic rings. The van der Waals surface area contributed by atoms with Crippen molar-refractivity contribution in [3.05, 3.63) is 0 Å². The molecule has 0 aromatic carbocycles. The SMILES string of the molecule is CNC(=O)C1CCCN1C(=O)N1CCSCC1CC(=O)O. The van der Waals surface area contributed by atoms with Crippen LogP contribution in [-0.2, 0) is 9.59 Å². The highest BCUT2D eigenvalue weighted by molar-refractivity contribution is 7.99. The monoisotopic (exact) mass is 315 g/mol. The number of hydrogen-bond acceptors (Lipinski definition) is 4. The lowest BCUT2D eigenvalue weighted by molar-refractivity contribution is -0.138. The third-order valence-corrected chi connectivity index (χ3v) is 5.02. The molecule has 118 valence electrons. The molecule has 8 heteroatoms. The summed E-state index contributed by atoms with van der Waals surface area (Å²) in [5, 5.41) is 11.6. The zero-order chi connectivity index (χ0) is 15.4. The second kappa shape index (κ2) is 7.02. The van der Waals surface area contributed by atoms with E-state index < -0.39 is 12.0 Å². The molecule has 2 fully saturated rings. The van der Waals surface area contributed by atoms with Gasteiger partial charge in [0.25, 0.3) is 0 Å². The highest BCUT2D eigenvalue weighted by Crippen LogP contribution is 2.25. The predicted molar refractivity (Wildman–Crippen MR) is 79.3 cm³/mol. The summed E-state index contributed by atoms with van der Waals surface area (Å²) in [4.78, 5) is 38.7. The number of urea groups is 1. The molecule has 0 bridgehead atoms. The Morgan fingerprint density at radius 2 is 2.05 bits per heavy atom. The van der Waals surface area contributed by atoms with E-state index in [1.54, 1.807) is 28.6 Å². The molecule has 2 N–H and O–H groups in total. The number of aliphatic carboxylic acids is 1. The number of likely N-dealkylation sites (N-methyl/N-ethyl adjacent to an activating group) is 1. The van der Waals surface area contributed by atoms with Crippen molar-refractivity contribution in [1.82, 2.24) is 15.1 Å². The number of hydrogen-bond donors (Lipinski definition) is 2. The van der Waals surface area contributed by atoms with Gasteiger partial charge in [0.05, 0.1) is 12.5 Å². The van der Waals surface area contributed by atoms with E-state index >= 15 is 0 Å². The topological polar surface area (TPSA) is 90.0 Å². The number of nitrogens with one attached hydrogen (secondary N) is 1. The molecular weight excluding hydrogens is 294 g/mol. The molecule has 0 aromatic rings. The van der Waals surface area contributed by atoms with Gasteiger partial charge in [-0.3, -0.25) is 9.59 Å². The molecular formula is C13H21N3O4S. The summed E-state index contributed by atoms with van der Waals surface area (Å²) < 4.78 is 0. The summed E-state index contributed by atoms with van der Waals surface area (Å²) in [5.41, 5.74) is 0. The van der Waals surface area contributed by atoms with E-state index in [1.807, 2.05) is 0 Å². The van der Waals surface area contributed by atoms with Crippen molar-refractivity contribution in [3.63, 3.8) is 0 Å². The molecule has 2 saturated heterocycles. The van der Waals surface area contributed by atoms with Crippen LogP contribution >= 0.6 is 11.8 Å². The average molecular weight is 315 g/mol. The van der Waals surface area contributed by atoms with Gasteiger partial charge in [0, 0.05) is 31.6 Å². The first-order valence-corrected chi connectivity index (χ1v) is 8.28. The maximum Gasteiger partial charge on any atom is 0.321 e. The molecule has 0 aromatic heterocycles. The first-order valence-electron chi connectivity index (χ1n) is 7.13. The predicted octanol–water partition coefficient (Wildman–Crippen LogP) is 0.209.